The molecule has 0 spiro atoms. The zero-order valence-corrected chi connectivity index (χ0v) is 10.3. The number of hydrogen-bond donors (Lipinski definition) is 2. The van der Waals surface area contributed by atoms with Gasteiger partial charge in [-0.1, -0.05) is 6.07 Å². The van der Waals surface area contributed by atoms with E-state index in [0.29, 0.717) is 0 Å². The number of oxazole rings is 1. The van der Waals surface area contributed by atoms with E-state index in [4.69, 9.17) is 4.42 Å². The molecule has 2 heterocycles. The molecule has 0 unspecified atom stereocenters. The zero-order valence-electron chi connectivity index (χ0n) is 10.3. The minimum atomic E-state index is -0.130. The fourth-order valence-corrected chi connectivity index (χ4v) is 2.38. The van der Waals surface area contributed by atoms with Gasteiger partial charge in [0, 0.05) is 5.56 Å². The molecule has 4 rings (SSSR count). The summed E-state index contributed by atoms with van der Waals surface area (Å²) < 4.78 is 5.30. The molecule has 1 aliphatic rings. The van der Waals surface area contributed by atoms with Gasteiger partial charge in [0.2, 0.25) is 0 Å². The molecule has 0 bridgehead atoms. The number of aromatic amines is 1. The number of fused-ring (bicyclic) bond motifs is 1. The fourth-order valence-electron chi connectivity index (χ4n) is 2.38. The molecule has 0 amide bonds. The van der Waals surface area contributed by atoms with E-state index in [2.05, 4.69) is 15.0 Å². The molecule has 0 atom stereocenters. The number of nitrogens with zero attached hydrogens (tertiary/aromatic N) is 2. The van der Waals surface area contributed by atoms with Crippen molar-refractivity contribution in [2.24, 2.45) is 0 Å². The van der Waals surface area contributed by atoms with Crippen molar-refractivity contribution in [3.8, 4) is 11.3 Å². The van der Waals surface area contributed by atoms with E-state index in [1.807, 2.05) is 24.4 Å². The fraction of sp³-hybridized carbons (Fsp3) is 0.286. The van der Waals surface area contributed by atoms with Crippen LogP contribution in [0.2, 0.25) is 0 Å². The Morgan fingerprint density at radius 3 is 3.00 bits per heavy atom. The van der Waals surface area contributed by atoms with Crippen molar-refractivity contribution >= 4 is 11.1 Å². The van der Waals surface area contributed by atoms with Crippen LogP contribution in [0.25, 0.3) is 22.4 Å². The Morgan fingerprint density at radius 2 is 2.21 bits per heavy atom. The van der Waals surface area contributed by atoms with Gasteiger partial charge in [0.05, 0.1) is 23.9 Å². The van der Waals surface area contributed by atoms with Crippen LogP contribution in [-0.2, 0) is 5.41 Å². The highest BCUT2D eigenvalue weighted by Crippen LogP contribution is 2.46. The summed E-state index contributed by atoms with van der Waals surface area (Å²) in [5, 5.41) is 9.42. The molecule has 2 N–H and O–H groups in total. The van der Waals surface area contributed by atoms with E-state index >= 15 is 0 Å². The lowest BCUT2D eigenvalue weighted by Gasteiger charge is -2.06. The molecule has 1 aliphatic carbocycles. The molecular weight excluding hydrogens is 242 g/mol. The summed E-state index contributed by atoms with van der Waals surface area (Å²) in [7, 11) is 0. The summed E-state index contributed by atoms with van der Waals surface area (Å²) in [4.78, 5) is 11.8. The summed E-state index contributed by atoms with van der Waals surface area (Å²) >= 11 is 0. The molecule has 96 valence electrons. The van der Waals surface area contributed by atoms with E-state index in [9.17, 15) is 5.11 Å². The predicted molar refractivity (Wildman–Crippen MR) is 69.6 cm³/mol. The second-order valence-corrected chi connectivity index (χ2v) is 5.12. The highest BCUT2D eigenvalue weighted by Gasteiger charge is 2.46. The van der Waals surface area contributed by atoms with Crippen LogP contribution in [0.4, 0.5) is 0 Å². The molecular formula is C14H13N3O2. The molecule has 5 nitrogen and oxygen atoms in total. The highest BCUT2D eigenvalue weighted by molar-refractivity contribution is 5.78. The lowest BCUT2D eigenvalue weighted by molar-refractivity contribution is 0.250. The van der Waals surface area contributed by atoms with Gasteiger partial charge in [-0.15, -0.1) is 0 Å². The van der Waals surface area contributed by atoms with Gasteiger partial charge in [0.25, 0.3) is 0 Å². The molecule has 0 aliphatic heterocycles. The second kappa shape index (κ2) is 3.68. The molecule has 1 saturated carbocycles. The number of nitrogens with one attached hydrogen (secondary N) is 1. The summed E-state index contributed by atoms with van der Waals surface area (Å²) in [6.07, 6.45) is 5.25. The minimum absolute atomic E-state index is 0.130. The first kappa shape index (κ1) is 10.8. The first-order valence-corrected chi connectivity index (χ1v) is 6.31. The SMILES string of the molecule is OCC1(c2ncc(-c3ccc4ncoc4c3)[nH]2)CC1. The molecule has 5 heteroatoms. The minimum Gasteiger partial charge on any atom is -0.443 e. The average molecular weight is 255 g/mol. The molecule has 2 aromatic heterocycles. The number of rotatable bonds is 3. The molecule has 0 saturated heterocycles. The van der Waals surface area contributed by atoms with E-state index in [0.717, 1.165) is 41.0 Å². The average Bonchev–Trinajstić information content (AvgIpc) is 2.90. The van der Waals surface area contributed by atoms with E-state index < -0.39 is 0 Å². The van der Waals surface area contributed by atoms with E-state index in [1.165, 1.54) is 6.39 Å². The first-order chi connectivity index (χ1) is 9.31. The quantitative estimate of drug-likeness (QED) is 0.752. The summed E-state index contributed by atoms with van der Waals surface area (Å²) in [6, 6.07) is 5.85. The molecule has 1 fully saturated rings. The Morgan fingerprint density at radius 1 is 1.32 bits per heavy atom. The lowest BCUT2D eigenvalue weighted by Crippen LogP contribution is -2.13. The number of aromatic nitrogens is 3. The van der Waals surface area contributed by atoms with Crippen LogP contribution in [0.15, 0.2) is 35.2 Å². The zero-order chi connectivity index (χ0) is 12.9. The first-order valence-electron chi connectivity index (χ1n) is 6.31. The van der Waals surface area contributed by atoms with Gasteiger partial charge in [0.15, 0.2) is 12.0 Å². The van der Waals surface area contributed by atoms with Crippen LogP contribution < -0.4 is 0 Å². The van der Waals surface area contributed by atoms with Crippen molar-refractivity contribution in [2.75, 3.05) is 6.61 Å². The predicted octanol–water partition coefficient (Wildman–Crippen LogP) is 2.24. The Bertz CT molecular complexity index is 740. The highest BCUT2D eigenvalue weighted by atomic mass is 16.3. The number of aliphatic hydroxyl groups excluding tert-OH is 1. The number of hydrogen-bond acceptors (Lipinski definition) is 4. The Balaban J connectivity index is 1.75. The topological polar surface area (TPSA) is 74.9 Å². The molecule has 3 aromatic rings. The van der Waals surface area contributed by atoms with Crippen LogP contribution >= 0.6 is 0 Å². The van der Waals surface area contributed by atoms with Crippen molar-refractivity contribution in [3.05, 3.63) is 36.6 Å². The van der Waals surface area contributed by atoms with Gasteiger partial charge >= 0.3 is 0 Å². The van der Waals surface area contributed by atoms with Crippen LogP contribution in [0.5, 0.6) is 0 Å². The van der Waals surface area contributed by atoms with Crippen LogP contribution in [-0.4, -0.2) is 26.7 Å². The summed E-state index contributed by atoms with van der Waals surface area (Å²) in [5.41, 5.74) is 3.42. The third kappa shape index (κ3) is 1.58. The number of benzene rings is 1. The number of aliphatic hydroxyl groups is 1. The Kier molecular flexibility index (Phi) is 2.08. The largest absolute Gasteiger partial charge is 0.443 e. The normalized spacial score (nSPS) is 16.9. The lowest BCUT2D eigenvalue weighted by atomic mass is 10.1. The van der Waals surface area contributed by atoms with Gasteiger partial charge < -0.3 is 14.5 Å². The van der Waals surface area contributed by atoms with Crippen molar-refractivity contribution < 1.29 is 9.52 Å². The van der Waals surface area contributed by atoms with Gasteiger partial charge in [0.1, 0.15) is 11.3 Å². The van der Waals surface area contributed by atoms with Gasteiger partial charge in [-0.25, -0.2) is 9.97 Å². The molecule has 19 heavy (non-hydrogen) atoms. The van der Waals surface area contributed by atoms with Crippen LogP contribution in [0.1, 0.15) is 18.7 Å². The summed E-state index contributed by atoms with van der Waals surface area (Å²) in [5.74, 6) is 0.877. The number of H-pyrrole nitrogens is 1. The van der Waals surface area contributed by atoms with E-state index in [-0.39, 0.29) is 12.0 Å². The second-order valence-electron chi connectivity index (χ2n) is 5.12. The standard InChI is InChI=1S/C14H13N3O2/c18-7-14(3-4-14)13-15-6-11(17-13)9-1-2-10-12(5-9)19-8-16-10/h1-2,5-6,8,18H,3-4,7H2,(H,15,17). The van der Waals surface area contributed by atoms with E-state index in [1.54, 1.807) is 0 Å². The van der Waals surface area contributed by atoms with Crippen molar-refractivity contribution in [3.63, 3.8) is 0 Å². The monoisotopic (exact) mass is 255 g/mol. The smallest absolute Gasteiger partial charge is 0.181 e. The number of imidazole rings is 1. The van der Waals surface area contributed by atoms with Gasteiger partial charge in [-0.3, -0.25) is 0 Å². The maximum Gasteiger partial charge on any atom is 0.181 e. The maximum atomic E-state index is 9.42. The van der Waals surface area contributed by atoms with Crippen LogP contribution in [0, 0.1) is 0 Å². The van der Waals surface area contributed by atoms with Crippen LogP contribution in [0.3, 0.4) is 0 Å². The molecule has 1 aromatic carbocycles. The van der Waals surface area contributed by atoms with Gasteiger partial charge in [-0.05, 0) is 25.0 Å². The third-order valence-electron chi connectivity index (χ3n) is 3.88. The Hall–Kier alpha value is -2.14. The third-order valence-corrected chi connectivity index (χ3v) is 3.88. The van der Waals surface area contributed by atoms with Gasteiger partial charge in [-0.2, -0.15) is 0 Å². The van der Waals surface area contributed by atoms with Crippen molar-refractivity contribution in [1.82, 2.24) is 15.0 Å². The molecule has 0 radical (unpaired) electrons. The summed E-state index contributed by atoms with van der Waals surface area (Å²) in [6.45, 7) is 0.154. The van der Waals surface area contributed by atoms with Crippen molar-refractivity contribution in [1.29, 1.82) is 0 Å². The Labute approximate surface area is 109 Å². The van der Waals surface area contributed by atoms with Crippen molar-refractivity contribution in [2.45, 2.75) is 18.3 Å². The maximum absolute atomic E-state index is 9.42.